The van der Waals surface area contributed by atoms with E-state index in [4.69, 9.17) is 0 Å². The molecule has 28 heavy (non-hydrogen) atoms. The van der Waals surface area contributed by atoms with Crippen LogP contribution in [0.15, 0.2) is 58.5 Å². The van der Waals surface area contributed by atoms with Crippen molar-refractivity contribution in [3.63, 3.8) is 0 Å². The third-order valence-electron chi connectivity index (χ3n) is 4.66. The van der Waals surface area contributed by atoms with E-state index >= 15 is 0 Å². The molecule has 0 fully saturated rings. The predicted molar refractivity (Wildman–Crippen MR) is 101 cm³/mol. The summed E-state index contributed by atoms with van der Waals surface area (Å²) in [5.74, 6) is 0. The second-order valence-electron chi connectivity index (χ2n) is 6.62. The van der Waals surface area contributed by atoms with E-state index in [1.807, 2.05) is 47.5 Å². The maximum absolute atomic E-state index is 13.5. The lowest BCUT2D eigenvalue weighted by Crippen LogP contribution is -2.45. The van der Waals surface area contributed by atoms with Gasteiger partial charge in [-0.3, -0.25) is 9.98 Å². The molecule has 1 aromatic carbocycles. The molecule has 0 radical (unpaired) electrons. The lowest BCUT2D eigenvalue weighted by molar-refractivity contribution is -0.142. The molecule has 8 heteroatoms. The fourth-order valence-electron chi connectivity index (χ4n) is 3.34. The molecule has 0 N–H and O–H groups in total. The van der Waals surface area contributed by atoms with E-state index < -0.39 is 18.0 Å². The average Bonchev–Trinajstić information content (AvgIpc) is 3.21. The molecule has 3 aromatic rings. The first-order chi connectivity index (χ1) is 13.4. The number of thiazole rings is 1. The van der Waals surface area contributed by atoms with Crippen molar-refractivity contribution in [3.05, 3.63) is 81.0 Å². The summed E-state index contributed by atoms with van der Waals surface area (Å²) in [5, 5.41) is 2.16. The molecule has 0 aliphatic carbocycles. The Morgan fingerprint density at radius 3 is 2.61 bits per heavy atom. The van der Waals surface area contributed by atoms with E-state index in [9.17, 15) is 13.2 Å². The molecule has 144 valence electrons. The molecular formula is C20H17F3N4S. The van der Waals surface area contributed by atoms with Crippen LogP contribution in [0.4, 0.5) is 13.2 Å². The van der Waals surface area contributed by atoms with Crippen molar-refractivity contribution < 1.29 is 13.2 Å². The molecular weight excluding hydrogens is 385 g/mol. The zero-order valence-electron chi connectivity index (χ0n) is 15.0. The number of hydrogen-bond acceptors (Lipinski definition) is 5. The fourth-order valence-corrected chi connectivity index (χ4v) is 3.91. The number of aromatic nitrogens is 2. The van der Waals surface area contributed by atoms with Gasteiger partial charge in [0.15, 0.2) is 11.9 Å². The van der Waals surface area contributed by atoms with Crippen molar-refractivity contribution in [2.24, 2.45) is 4.99 Å². The van der Waals surface area contributed by atoms with Gasteiger partial charge in [-0.25, -0.2) is 4.98 Å². The van der Waals surface area contributed by atoms with E-state index in [0.29, 0.717) is 6.42 Å². The van der Waals surface area contributed by atoms with E-state index in [0.717, 1.165) is 17.5 Å². The van der Waals surface area contributed by atoms with Gasteiger partial charge in [0.25, 0.3) is 0 Å². The van der Waals surface area contributed by atoms with Crippen LogP contribution in [-0.4, -0.2) is 20.9 Å². The number of halogens is 3. The molecule has 0 bridgehead atoms. The maximum atomic E-state index is 13.5. The monoisotopic (exact) mass is 402 g/mol. The number of pyridine rings is 1. The molecule has 1 unspecified atom stereocenters. The van der Waals surface area contributed by atoms with Crippen LogP contribution in [0.5, 0.6) is 0 Å². The summed E-state index contributed by atoms with van der Waals surface area (Å²) in [7, 11) is 0. The SMILES string of the molecule is CC(Cc1ccccc1)N1C=c2c(C(F)(F)F)nccc2=N[C@@H]1c1cscn1. The molecule has 1 aliphatic heterocycles. The average molecular weight is 402 g/mol. The van der Waals surface area contributed by atoms with Crippen LogP contribution in [0.1, 0.15) is 30.0 Å². The number of hydrogen-bond donors (Lipinski definition) is 0. The van der Waals surface area contributed by atoms with Gasteiger partial charge < -0.3 is 4.90 Å². The Bertz CT molecular complexity index is 1070. The van der Waals surface area contributed by atoms with Gasteiger partial charge in [0.05, 0.1) is 16.6 Å². The van der Waals surface area contributed by atoms with E-state index in [1.54, 1.807) is 5.51 Å². The van der Waals surface area contributed by atoms with Crippen molar-refractivity contribution in [2.45, 2.75) is 31.7 Å². The number of nitrogens with zero attached hydrogens (tertiary/aromatic N) is 4. The highest BCUT2D eigenvalue weighted by molar-refractivity contribution is 7.07. The summed E-state index contributed by atoms with van der Waals surface area (Å²) < 4.78 is 40.4. The summed E-state index contributed by atoms with van der Waals surface area (Å²) in [6, 6.07) is 11.3. The van der Waals surface area contributed by atoms with Crippen LogP contribution in [0.25, 0.3) is 6.20 Å². The van der Waals surface area contributed by atoms with Crippen LogP contribution < -0.4 is 10.6 Å². The standard InChI is InChI=1S/C20H17F3N4S/c1-13(9-14-5-3-2-4-6-14)27-10-15-16(7-8-24-18(15)20(21,22)23)26-19(27)17-11-28-12-25-17/h2-8,10-13,19H,9H2,1H3/t13?,19-/m0/s1. The molecule has 0 saturated carbocycles. The zero-order valence-corrected chi connectivity index (χ0v) is 15.8. The van der Waals surface area contributed by atoms with Crippen molar-refractivity contribution in [2.75, 3.05) is 0 Å². The molecule has 1 aliphatic rings. The largest absolute Gasteiger partial charge is 0.434 e. The second kappa shape index (κ2) is 7.35. The minimum Gasteiger partial charge on any atom is -0.347 e. The summed E-state index contributed by atoms with van der Waals surface area (Å²) in [4.78, 5) is 14.4. The quantitative estimate of drug-likeness (QED) is 0.670. The molecule has 0 amide bonds. The predicted octanol–water partition coefficient (Wildman–Crippen LogP) is 3.56. The van der Waals surface area contributed by atoms with Crippen molar-refractivity contribution in [1.82, 2.24) is 14.9 Å². The first kappa shape index (κ1) is 18.6. The summed E-state index contributed by atoms with van der Waals surface area (Å²) in [6.07, 6.45) is -1.65. The minimum atomic E-state index is -4.54. The van der Waals surface area contributed by atoms with Crippen LogP contribution in [0, 0.1) is 0 Å². The van der Waals surface area contributed by atoms with E-state index in [1.165, 1.54) is 23.6 Å². The van der Waals surface area contributed by atoms with Gasteiger partial charge in [0, 0.05) is 29.0 Å². The topological polar surface area (TPSA) is 41.4 Å². The molecule has 2 aromatic heterocycles. The highest BCUT2D eigenvalue weighted by Gasteiger charge is 2.36. The van der Waals surface area contributed by atoms with Crippen LogP contribution in [0.2, 0.25) is 0 Å². The van der Waals surface area contributed by atoms with Gasteiger partial charge in [-0.15, -0.1) is 11.3 Å². The molecule has 4 rings (SSSR count). The molecule has 0 saturated heterocycles. The lowest BCUT2D eigenvalue weighted by Gasteiger charge is -2.34. The van der Waals surface area contributed by atoms with Crippen molar-refractivity contribution in [3.8, 4) is 0 Å². The number of benzene rings is 1. The summed E-state index contributed by atoms with van der Waals surface area (Å²) in [6.45, 7) is 1.98. The van der Waals surface area contributed by atoms with Gasteiger partial charge in [0.2, 0.25) is 0 Å². The Balaban J connectivity index is 1.82. The smallest absolute Gasteiger partial charge is 0.347 e. The van der Waals surface area contributed by atoms with Crippen LogP contribution in [0.3, 0.4) is 0 Å². The van der Waals surface area contributed by atoms with Crippen molar-refractivity contribution in [1.29, 1.82) is 0 Å². The third-order valence-corrected chi connectivity index (χ3v) is 5.26. The van der Waals surface area contributed by atoms with E-state index in [2.05, 4.69) is 15.0 Å². The molecule has 0 spiro atoms. The maximum Gasteiger partial charge on any atom is 0.434 e. The van der Waals surface area contributed by atoms with Gasteiger partial charge >= 0.3 is 6.18 Å². The van der Waals surface area contributed by atoms with Crippen LogP contribution in [-0.2, 0) is 12.6 Å². The van der Waals surface area contributed by atoms with Gasteiger partial charge in [0.1, 0.15) is 0 Å². The Morgan fingerprint density at radius 2 is 1.93 bits per heavy atom. The van der Waals surface area contributed by atoms with Crippen molar-refractivity contribution >= 4 is 17.5 Å². The number of fused-ring (bicyclic) bond motifs is 1. The number of rotatable bonds is 4. The summed E-state index contributed by atoms with van der Waals surface area (Å²) >= 11 is 1.44. The van der Waals surface area contributed by atoms with Gasteiger partial charge in [-0.05, 0) is 25.0 Å². The Hall–Kier alpha value is -2.74. The minimum absolute atomic E-state index is 0.00129. The van der Waals surface area contributed by atoms with Gasteiger partial charge in [-0.2, -0.15) is 13.2 Å². The highest BCUT2D eigenvalue weighted by atomic mass is 32.1. The molecule has 2 atom stereocenters. The fraction of sp³-hybridized carbons (Fsp3) is 0.250. The normalized spacial score (nSPS) is 17.4. The zero-order chi connectivity index (χ0) is 19.7. The third kappa shape index (κ3) is 3.64. The lowest BCUT2D eigenvalue weighted by atomic mass is 10.0. The molecule has 3 heterocycles. The second-order valence-corrected chi connectivity index (χ2v) is 7.34. The Labute approximate surface area is 163 Å². The number of alkyl halides is 3. The summed E-state index contributed by atoms with van der Waals surface area (Å²) in [5.41, 5.74) is 2.61. The first-order valence-electron chi connectivity index (χ1n) is 8.75. The highest BCUT2D eigenvalue weighted by Crippen LogP contribution is 2.29. The Morgan fingerprint density at radius 1 is 1.14 bits per heavy atom. The van der Waals surface area contributed by atoms with E-state index in [-0.39, 0.29) is 16.6 Å². The Kier molecular flexibility index (Phi) is 4.89. The molecule has 4 nitrogen and oxygen atoms in total. The van der Waals surface area contributed by atoms with Gasteiger partial charge in [-0.1, -0.05) is 30.3 Å². The van der Waals surface area contributed by atoms with Crippen LogP contribution >= 0.6 is 11.3 Å². The first-order valence-corrected chi connectivity index (χ1v) is 9.69.